The van der Waals surface area contributed by atoms with Crippen LogP contribution < -0.4 is 10.1 Å². The van der Waals surface area contributed by atoms with Gasteiger partial charge in [-0.05, 0) is 55.8 Å². The largest absolute Gasteiger partial charge is 0.491 e. The molecule has 0 spiro atoms. The molecule has 0 aliphatic rings. The number of hydrogen-bond acceptors (Lipinski definition) is 4. The molecule has 0 radical (unpaired) electrons. The molecule has 2 rings (SSSR count). The molecule has 1 atom stereocenters. The first-order valence-electron chi connectivity index (χ1n) is 6.74. The van der Waals surface area contributed by atoms with Gasteiger partial charge in [0.2, 0.25) is 0 Å². The highest BCUT2D eigenvalue weighted by Gasteiger charge is 2.17. The number of hydrogen-bond donors (Lipinski definition) is 1. The molecular weight excluding hydrogens is 372 g/mol. The Kier molecular flexibility index (Phi) is 5.52. The molecule has 114 valence electrons. The number of nitrogens with one attached hydrogen (secondary N) is 1. The van der Waals surface area contributed by atoms with E-state index < -0.39 is 0 Å². The Balaban J connectivity index is 2.32. The molecule has 0 aliphatic heterocycles. The monoisotopic (exact) mass is 388 g/mol. The fourth-order valence-electron chi connectivity index (χ4n) is 2.21. The van der Waals surface area contributed by atoms with Crippen LogP contribution in [-0.4, -0.2) is 11.6 Å². The molecule has 0 amide bonds. The first-order chi connectivity index (χ1) is 9.92. The van der Waals surface area contributed by atoms with Crippen molar-refractivity contribution in [1.29, 1.82) is 0 Å². The van der Waals surface area contributed by atoms with E-state index in [1.807, 2.05) is 26.0 Å². The van der Waals surface area contributed by atoms with Crippen LogP contribution in [0.5, 0.6) is 5.75 Å². The first kappa shape index (κ1) is 16.6. The van der Waals surface area contributed by atoms with Crippen LogP contribution in [-0.2, 0) is 0 Å². The van der Waals surface area contributed by atoms with Gasteiger partial charge in [0.15, 0.2) is 5.75 Å². The van der Waals surface area contributed by atoms with Crippen LogP contribution in [0.3, 0.4) is 0 Å². The molecule has 1 heterocycles. The van der Waals surface area contributed by atoms with Gasteiger partial charge in [-0.1, -0.05) is 11.6 Å². The van der Waals surface area contributed by atoms with E-state index in [0.717, 1.165) is 26.6 Å². The standard InChI is InChI=1S/C15H18BrClN2OS/c1-5-20-15-12(16)6-11(17)7-13(15)18-8(2)14-9(3)21-10(4)19-14/h6-8,18H,5H2,1-4H3. The lowest BCUT2D eigenvalue weighted by molar-refractivity contribution is 0.339. The molecule has 3 nitrogen and oxygen atoms in total. The lowest BCUT2D eigenvalue weighted by atomic mass is 10.2. The predicted octanol–water partition coefficient (Wildman–Crippen LogP) is 5.75. The van der Waals surface area contributed by atoms with Crippen molar-refractivity contribution in [2.45, 2.75) is 33.7 Å². The van der Waals surface area contributed by atoms with Gasteiger partial charge >= 0.3 is 0 Å². The van der Waals surface area contributed by atoms with Crippen molar-refractivity contribution in [3.05, 3.63) is 37.2 Å². The molecule has 1 aromatic heterocycles. The molecule has 21 heavy (non-hydrogen) atoms. The molecule has 0 bridgehead atoms. The van der Waals surface area contributed by atoms with Crippen LogP contribution in [0, 0.1) is 13.8 Å². The minimum atomic E-state index is 0.0829. The van der Waals surface area contributed by atoms with Crippen molar-refractivity contribution in [3.63, 3.8) is 0 Å². The smallest absolute Gasteiger partial charge is 0.156 e. The molecule has 1 aromatic carbocycles. The Morgan fingerprint density at radius 1 is 1.43 bits per heavy atom. The van der Waals surface area contributed by atoms with Crippen LogP contribution in [0.1, 0.15) is 35.5 Å². The number of anilines is 1. The van der Waals surface area contributed by atoms with E-state index in [4.69, 9.17) is 16.3 Å². The molecule has 1 unspecified atom stereocenters. The predicted molar refractivity (Wildman–Crippen MR) is 93.9 cm³/mol. The normalized spacial score (nSPS) is 12.3. The maximum Gasteiger partial charge on any atom is 0.156 e. The average Bonchev–Trinajstić information content (AvgIpc) is 2.72. The summed E-state index contributed by atoms with van der Waals surface area (Å²) in [6.07, 6.45) is 0. The quantitative estimate of drug-likeness (QED) is 0.707. The zero-order valence-electron chi connectivity index (χ0n) is 12.5. The SMILES string of the molecule is CCOc1c(Br)cc(Cl)cc1NC(C)c1nc(C)sc1C. The fraction of sp³-hybridized carbons (Fsp3) is 0.400. The van der Waals surface area contributed by atoms with Crippen molar-refractivity contribution in [2.75, 3.05) is 11.9 Å². The van der Waals surface area contributed by atoms with Gasteiger partial charge in [0.25, 0.3) is 0 Å². The van der Waals surface area contributed by atoms with E-state index >= 15 is 0 Å². The van der Waals surface area contributed by atoms with Crippen molar-refractivity contribution in [1.82, 2.24) is 4.98 Å². The van der Waals surface area contributed by atoms with Gasteiger partial charge in [0.1, 0.15) is 0 Å². The third-order valence-electron chi connectivity index (χ3n) is 3.02. The summed E-state index contributed by atoms with van der Waals surface area (Å²) in [6.45, 7) is 8.76. The summed E-state index contributed by atoms with van der Waals surface area (Å²) in [6, 6.07) is 3.79. The zero-order chi connectivity index (χ0) is 15.6. The second kappa shape index (κ2) is 6.99. The van der Waals surface area contributed by atoms with Crippen molar-refractivity contribution < 1.29 is 4.74 Å². The van der Waals surface area contributed by atoms with E-state index in [-0.39, 0.29) is 6.04 Å². The van der Waals surface area contributed by atoms with Gasteiger partial charge in [0, 0.05) is 9.90 Å². The lowest BCUT2D eigenvalue weighted by Crippen LogP contribution is -2.10. The van der Waals surface area contributed by atoms with Crippen molar-refractivity contribution in [2.24, 2.45) is 0 Å². The van der Waals surface area contributed by atoms with Crippen LogP contribution in [0.4, 0.5) is 5.69 Å². The highest BCUT2D eigenvalue weighted by atomic mass is 79.9. The fourth-order valence-corrected chi connectivity index (χ4v) is 4.05. The number of ether oxygens (including phenoxy) is 1. The number of benzene rings is 1. The Morgan fingerprint density at radius 3 is 2.71 bits per heavy atom. The van der Waals surface area contributed by atoms with E-state index in [2.05, 4.69) is 40.1 Å². The average molecular weight is 390 g/mol. The van der Waals surface area contributed by atoms with Gasteiger partial charge in [-0.2, -0.15) is 0 Å². The first-order valence-corrected chi connectivity index (χ1v) is 8.73. The highest BCUT2D eigenvalue weighted by Crippen LogP contribution is 2.38. The number of aromatic nitrogens is 1. The second-order valence-electron chi connectivity index (χ2n) is 4.74. The van der Waals surface area contributed by atoms with E-state index in [1.54, 1.807) is 11.3 Å². The highest BCUT2D eigenvalue weighted by molar-refractivity contribution is 9.10. The third kappa shape index (κ3) is 3.90. The Bertz CT molecular complexity index is 645. The van der Waals surface area contributed by atoms with Gasteiger partial charge < -0.3 is 10.1 Å². The van der Waals surface area contributed by atoms with Crippen molar-refractivity contribution in [3.8, 4) is 5.75 Å². The number of aryl methyl sites for hydroxylation is 2. The Hall–Kier alpha value is -0.780. The molecule has 1 N–H and O–H groups in total. The van der Waals surface area contributed by atoms with Gasteiger partial charge in [0.05, 0.1) is 33.5 Å². The van der Waals surface area contributed by atoms with Gasteiger partial charge in [-0.15, -0.1) is 11.3 Å². The topological polar surface area (TPSA) is 34.1 Å². The summed E-state index contributed by atoms with van der Waals surface area (Å²) in [7, 11) is 0. The molecule has 2 aromatic rings. The molecule has 0 fully saturated rings. The maximum atomic E-state index is 6.15. The molecule has 0 saturated heterocycles. The number of thiazole rings is 1. The molecular formula is C15H18BrClN2OS. The van der Waals surface area contributed by atoms with Gasteiger partial charge in [-0.25, -0.2) is 4.98 Å². The van der Waals surface area contributed by atoms with E-state index in [0.29, 0.717) is 11.6 Å². The van der Waals surface area contributed by atoms with Crippen LogP contribution in [0.25, 0.3) is 0 Å². The van der Waals surface area contributed by atoms with Crippen LogP contribution in [0.2, 0.25) is 5.02 Å². The summed E-state index contributed by atoms with van der Waals surface area (Å²) in [5.74, 6) is 0.776. The second-order valence-corrected chi connectivity index (χ2v) is 7.44. The molecule has 0 saturated carbocycles. The van der Waals surface area contributed by atoms with Crippen LogP contribution >= 0.6 is 38.9 Å². The zero-order valence-corrected chi connectivity index (χ0v) is 15.6. The summed E-state index contributed by atoms with van der Waals surface area (Å²) in [5.41, 5.74) is 1.94. The summed E-state index contributed by atoms with van der Waals surface area (Å²) in [4.78, 5) is 5.83. The molecule has 6 heteroatoms. The Labute approximate surface area is 142 Å². The summed E-state index contributed by atoms with van der Waals surface area (Å²) < 4.78 is 6.55. The minimum Gasteiger partial charge on any atom is -0.491 e. The Morgan fingerprint density at radius 2 is 2.14 bits per heavy atom. The van der Waals surface area contributed by atoms with Crippen molar-refractivity contribution >= 4 is 44.6 Å². The molecule has 0 aliphatic carbocycles. The number of nitrogens with zero attached hydrogens (tertiary/aromatic N) is 1. The van der Waals surface area contributed by atoms with Gasteiger partial charge in [-0.3, -0.25) is 0 Å². The van der Waals surface area contributed by atoms with E-state index in [9.17, 15) is 0 Å². The summed E-state index contributed by atoms with van der Waals surface area (Å²) in [5, 5.41) is 5.19. The number of rotatable bonds is 5. The van der Waals surface area contributed by atoms with E-state index in [1.165, 1.54) is 4.88 Å². The lowest BCUT2D eigenvalue weighted by Gasteiger charge is -2.19. The third-order valence-corrected chi connectivity index (χ3v) is 4.73. The van der Waals surface area contributed by atoms with Crippen LogP contribution in [0.15, 0.2) is 16.6 Å². The maximum absolute atomic E-state index is 6.15. The number of halogens is 2. The summed E-state index contributed by atoms with van der Waals surface area (Å²) >= 11 is 11.4. The minimum absolute atomic E-state index is 0.0829.